The molecule has 0 atom stereocenters. The first-order valence-electron chi connectivity index (χ1n) is 6.90. The summed E-state index contributed by atoms with van der Waals surface area (Å²) >= 11 is 3.36. The minimum atomic E-state index is -0.282. The summed E-state index contributed by atoms with van der Waals surface area (Å²) in [4.78, 5) is 12.0. The first-order chi connectivity index (χ1) is 10.7. The molecule has 0 radical (unpaired) electrons. The Morgan fingerprint density at radius 2 is 1.82 bits per heavy atom. The minimum Gasteiger partial charge on any atom is -0.493 e. The van der Waals surface area contributed by atoms with Crippen molar-refractivity contribution in [1.29, 1.82) is 0 Å². The van der Waals surface area contributed by atoms with Crippen molar-refractivity contribution >= 4 is 27.5 Å². The molecule has 0 saturated carbocycles. The van der Waals surface area contributed by atoms with Gasteiger partial charge in [0, 0.05) is 21.7 Å². The van der Waals surface area contributed by atoms with Crippen LogP contribution in [0.1, 0.15) is 18.1 Å². The predicted octanol–water partition coefficient (Wildman–Crippen LogP) is 4.45. The Hall–Kier alpha value is -2.31. The van der Waals surface area contributed by atoms with Gasteiger partial charge in [0.15, 0.2) is 0 Å². The second kappa shape index (κ2) is 8.21. The molecule has 2 rings (SSSR count). The van der Waals surface area contributed by atoms with Gasteiger partial charge in [0.05, 0.1) is 6.61 Å². The highest BCUT2D eigenvalue weighted by atomic mass is 79.9. The molecule has 0 saturated heterocycles. The van der Waals surface area contributed by atoms with Crippen molar-refractivity contribution in [3.8, 4) is 11.8 Å². The van der Waals surface area contributed by atoms with Gasteiger partial charge in [-0.25, -0.2) is 0 Å². The standard InChI is InChI=1S/C19H15BrO2/c1-2-22-19(16-6-4-3-5-7-16)14-18(21)13-10-15-8-11-17(20)12-9-15/h3-9,11-12,14H,2H2,1H3/b19-14-. The van der Waals surface area contributed by atoms with Crippen LogP contribution in [0.5, 0.6) is 0 Å². The van der Waals surface area contributed by atoms with Crippen molar-refractivity contribution in [2.45, 2.75) is 6.92 Å². The number of benzene rings is 2. The SMILES string of the molecule is CCO/C(=C\C(=O)C#Cc1ccc(Br)cc1)c1ccccc1. The molecule has 110 valence electrons. The van der Waals surface area contributed by atoms with Crippen LogP contribution in [-0.2, 0) is 9.53 Å². The molecule has 2 aromatic carbocycles. The Labute approximate surface area is 138 Å². The van der Waals surface area contributed by atoms with Gasteiger partial charge in [0.1, 0.15) is 5.76 Å². The average Bonchev–Trinajstić information content (AvgIpc) is 2.55. The summed E-state index contributed by atoms with van der Waals surface area (Å²) in [5.74, 6) is 5.72. The molecule has 0 aliphatic heterocycles. The fourth-order valence-corrected chi connectivity index (χ4v) is 2.05. The van der Waals surface area contributed by atoms with Gasteiger partial charge in [0.2, 0.25) is 5.78 Å². The van der Waals surface area contributed by atoms with E-state index in [1.165, 1.54) is 6.08 Å². The molecular formula is C19H15BrO2. The van der Waals surface area contributed by atoms with Crippen LogP contribution in [0.3, 0.4) is 0 Å². The number of allylic oxidation sites excluding steroid dienone is 1. The van der Waals surface area contributed by atoms with E-state index in [1.54, 1.807) is 0 Å². The molecule has 22 heavy (non-hydrogen) atoms. The highest BCUT2D eigenvalue weighted by Crippen LogP contribution is 2.15. The number of carbonyl (C=O) groups excluding carboxylic acids is 1. The molecule has 0 fully saturated rings. The Balaban J connectivity index is 2.18. The largest absolute Gasteiger partial charge is 0.493 e. The fourth-order valence-electron chi connectivity index (χ4n) is 1.79. The van der Waals surface area contributed by atoms with Crippen LogP contribution in [0.2, 0.25) is 0 Å². The Morgan fingerprint density at radius 1 is 1.14 bits per heavy atom. The minimum absolute atomic E-state index is 0.282. The van der Waals surface area contributed by atoms with Crippen molar-refractivity contribution in [2.24, 2.45) is 0 Å². The van der Waals surface area contributed by atoms with Crippen molar-refractivity contribution < 1.29 is 9.53 Å². The van der Waals surface area contributed by atoms with Gasteiger partial charge in [-0.15, -0.1) is 0 Å². The Bertz CT molecular complexity index is 720. The van der Waals surface area contributed by atoms with Gasteiger partial charge < -0.3 is 4.74 Å². The van der Waals surface area contributed by atoms with Crippen LogP contribution in [-0.4, -0.2) is 12.4 Å². The topological polar surface area (TPSA) is 26.3 Å². The molecule has 0 aliphatic carbocycles. The van der Waals surface area contributed by atoms with Crippen LogP contribution in [0, 0.1) is 11.8 Å². The summed E-state index contributed by atoms with van der Waals surface area (Å²) in [6, 6.07) is 17.0. The molecule has 0 heterocycles. The zero-order chi connectivity index (χ0) is 15.8. The second-order valence-corrected chi connectivity index (χ2v) is 5.34. The van der Waals surface area contributed by atoms with Crippen LogP contribution >= 0.6 is 15.9 Å². The third-order valence-electron chi connectivity index (χ3n) is 2.79. The van der Waals surface area contributed by atoms with E-state index >= 15 is 0 Å². The van der Waals surface area contributed by atoms with Gasteiger partial charge in [-0.2, -0.15) is 0 Å². The van der Waals surface area contributed by atoms with E-state index in [1.807, 2.05) is 61.5 Å². The van der Waals surface area contributed by atoms with Crippen molar-refractivity contribution in [3.05, 3.63) is 76.3 Å². The summed E-state index contributed by atoms with van der Waals surface area (Å²) in [5, 5.41) is 0. The van der Waals surface area contributed by atoms with Gasteiger partial charge >= 0.3 is 0 Å². The lowest BCUT2D eigenvalue weighted by Gasteiger charge is -2.07. The zero-order valence-corrected chi connectivity index (χ0v) is 13.8. The molecule has 2 nitrogen and oxygen atoms in total. The van der Waals surface area contributed by atoms with Crippen molar-refractivity contribution in [3.63, 3.8) is 0 Å². The number of halogens is 1. The third kappa shape index (κ3) is 4.91. The quantitative estimate of drug-likeness (QED) is 0.460. The summed E-state index contributed by atoms with van der Waals surface area (Å²) in [6.07, 6.45) is 1.44. The molecule has 0 aliphatic rings. The lowest BCUT2D eigenvalue weighted by Crippen LogP contribution is -1.96. The third-order valence-corrected chi connectivity index (χ3v) is 3.32. The van der Waals surface area contributed by atoms with E-state index in [0.29, 0.717) is 12.4 Å². The normalized spacial score (nSPS) is 10.5. The summed E-state index contributed by atoms with van der Waals surface area (Å²) < 4.78 is 6.51. The molecular weight excluding hydrogens is 340 g/mol. The van der Waals surface area contributed by atoms with E-state index in [9.17, 15) is 4.79 Å². The maximum atomic E-state index is 12.0. The highest BCUT2D eigenvalue weighted by molar-refractivity contribution is 9.10. The van der Waals surface area contributed by atoms with Crippen LogP contribution in [0.25, 0.3) is 5.76 Å². The van der Waals surface area contributed by atoms with E-state index in [4.69, 9.17) is 4.74 Å². The number of rotatable bonds is 4. The predicted molar refractivity (Wildman–Crippen MR) is 92.1 cm³/mol. The van der Waals surface area contributed by atoms with Gasteiger partial charge in [-0.3, -0.25) is 4.79 Å². The second-order valence-electron chi connectivity index (χ2n) is 4.43. The van der Waals surface area contributed by atoms with E-state index in [0.717, 1.165) is 15.6 Å². The number of ketones is 1. The number of ether oxygens (including phenoxy) is 1. The van der Waals surface area contributed by atoms with E-state index in [2.05, 4.69) is 27.8 Å². The average molecular weight is 355 g/mol. The number of hydrogen-bond acceptors (Lipinski definition) is 2. The van der Waals surface area contributed by atoms with Crippen molar-refractivity contribution in [2.75, 3.05) is 6.61 Å². The Kier molecular flexibility index (Phi) is 6.00. The summed E-state index contributed by atoms with van der Waals surface area (Å²) in [5.41, 5.74) is 1.66. The summed E-state index contributed by atoms with van der Waals surface area (Å²) in [7, 11) is 0. The fraction of sp³-hybridized carbons (Fsp3) is 0.105. The molecule has 0 unspecified atom stereocenters. The lowest BCUT2D eigenvalue weighted by molar-refractivity contribution is -0.109. The van der Waals surface area contributed by atoms with Crippen LogP contribution < -0.4 is 0 Å². The molecule has 0 amide bonds. The molecule has 0 N–H and O–H groups in total. The van der Waals surface area contributed by atoms with Crippen LogP contribution in [0.4, 0.5) is 0 Å². The maximum Gasteiger partial charge on any atom is 0.232 e. The van der Waals surface area contributed by atoms with Gasteiger partial charge in [-0.1, -0.05) is 52.2 Å². The maximum absolute atomic E-state index is 12.0. The molecule has 0 aromatic heterocycles. The number of hydrogen-bond donors (Lipinski definition) is 0. The van der Waals surface area contributed by atoms with Gasteiger partial charge in [0.25, 0.3) is 0 Å². The summed E-state index contributed by atoms with van der Waals surface area (Å²) in [6.45, 7) is 2.38. The Morgan fingerprint density at radius 3 is 2.45 bits per heavy atom. The number of carbonyl (C=O) groups is 1. The van der Waals surface area contributed by atoms with Crippen LogP contribution in [0.15, 0.2) is 65.1 Å². The monoisotopic (exact) mass is 354 g/mol. The first-order valence-corrected chi connectivity index (χ1v) is 7.70. The molecule has 3 heteroatoms. The highest BCUT2D eigenvalue weighted by Gasteiger charge is 2.04. The van der Waals surface area contributed by atoms with E-state index < -0.39 is 0 Å². The lowest BCUT2D eigenvalue weighted by atomic mass is 10.1. The molecule has 0 bridgehead atoms. The smallest absolute Gasteiger partial charge is 0.232 e. The van der Waals surface area contributed by atoms with Crippen molar-refractivity contribution in [1.82, 2.24) is 0 Å². The van der Waals surface area contributed by atoms with Gasteiger partial charge in [-0.05, 0) is 37.1 Å². The molecule has 0 spiro atoms. The zero-order valence-electron chi connectivity index (χ0n) is 12.2. The first kappa shape index (κ1) is 16.1. The van der Waals surface area contributed by atoms with E-state index in [-0.39, 0.29) is 5.78 Å². The molecule has 2 aromatic rings.